The lowest BCUT2D eigenvalue weighted by Gasteiger charge is -2.06. The molecule has 0 heterocycles. The molecule has 0 bridgehead atoms. The third kappa shape index (κ3) is 2.19. The number of hydrogen-bond acceptors (Lipinski definition) is 1. The van der Waals surface area contributed by atoms with Crippen molar-refractivity contribution in [2.75, 3.05) is 6.61 Å². The summed E-state index contributed by atoms with van der Waals surface area (Å²) in [5.41, 5.74) is 0. The standard InChI is InChI=1S/C8H14O/c9-7-8-5-3-1-2-4-6-8/h1,3,8-9H,2,4-7H2/t8-/m1/s1. The molecule has 1 rings (SSSR count). The van der Waals surface area contributed by atoms with Gasteiger partial charge in [0.05, 0.1) is 0 Å². The highest BCUT2D eigenvalue weighted by atomic mass is 16.3. The Morgan fingerprint density at radius 2 is 2.33 bits per heavy atom. The highest BCUT2D eigenvalue weighted by Crippen LogP contribution is 2.16. The Hall–Kier alpha value is -0.300. The third-order valence-corrected chi connectivity index (χ3v) is 1.88. The monoisotopic (exact) mass is 126 g/mol. The lowest BCUT2D eigenvalue weighted by atomic mass is 10.0. The van der Waals surface area contributed by atoms with Crippen LogP contribution in [0.1, 0.15) is 25.7 Å². The van der Waals surface area contributed by atoms with Gasteiger partial charge in [-0.2, -0.15) is 0 Å². The first kappa shape index (κ1) is 6.81. The summed E-state index contributed by atoms with van der Waals surface area (Å²) in [5.74, 6) is 0.545. The summed E-state index contributed by atoms with van der Waals surface area (Å²) in [4.78, 5) is 0. The zero-order valence-electron chi connectivity index (χ0n) is 5.71. The van der Waals surface area contributed by atoms with Crippen molar-refractivity contribution in [2.45, 2.75) is 25.7 Å². The fourth-order valence-electron chi connectivity index (χ4n) is 1.21. The molecule has 0 spiro atoms. The molecule has 1 heteroatoms. The van der Waals surface area contributed by atoms with Gasteiger partial charge < -0.3 is 5.11 Å². The SMILES string of the molecule is OC[C@@H]1CC=CCCC1. The van der Waals surface area contributed by atoms with Crippen LogP contribution in [0.25, 0.3) is 0 Å². The zero-order valence-corrected chi connectivity index (χ0v) is 5.71. The summed E-state index contributed by atoms with van der Waals surface area (Å²) in [6.45, 7) is 0.365. The van der Waals surface area contributed by atoms with E-state index in [0.29, 0.717) is 12.5 Å². The van der Waals surface area contributed by atoms with Gasteiger partial charge in [-0.3, -0.25) is 0 Å². The van der Waals surface area contributed by atoms with Crippen LogP contribution in [0.3, 0.4) is 0 Å². The van der Waals surface area contributed by atoms with Gasteiger partial charge in [-0.25, -0.2) is 0 Å². The lowest BCUT2D eigenvalue weighted by molar-refractivity contribution is 0.219. The van der Waals surface area contributed by atoms with Gasteiger partial charge >= 0.3 is 0 Å². The minimum absolute atomic E-state index is 0.365. The van der Waals surface area contributed by atoms with Gasteiger partial charge in [0.15, 0.2) is 0 Å². The fourth-order valence-corrected chi connectivity index (χ4v) is 1.21. The van der Waals surface area contributed by atoms with Crippen molar-refractivity contribution in [1.82, 2.24) is 0 Å². The molecule has 0 aliphatic heterocycles. The van der Waals surface area contributed by atoms with Gasteiger partial charge in [-0.15, -0.1) is 0 Å². The topological polar surface area (TPSA) is 20.2 Å². The summed E-state index contributed by atoms with van der Waals surface area (Å²) in [6, 6.07) is 0. The van der Waals surface area contributed by atoms with Crippen molar-refractivity contribution in [3.8, 4) is 0 Å². The molecule has 0 saturated heterocycles. The Morgan fingerprint density at radius 3 is 3.11 bits per heavy atom. The van der Waals surface area contributed by atoms with Gasteiger partial charge in [-0.05, 0) is 31.6 Å². The second-order valence-electron chi connectivity index (χ2n) is 2.69. The molecule has 1 atom stereocenters. The first-order chi connectivity index (χ1) is 4.43. The number of aliphatic hydroxyl groups excluding tert-OH is 1. The molecule has 1 nitrogen and oxygen atoms in total. The van der Waals surface area contributed by atoms with Crippen LogP contribution in [-0.4, -0.2) is 11.7 Å². The van der Waals surface area contributed by atoms with Crippen LogP contribution < -0.4 is 0 Å². The van der Waals surface area contributed by atoms with E-state index in [-0.39, 0.29) is 0 Å². The maximum absolute atomic E-state index is 8.78. The normalized spacial score (nSPS) is 27.9. The molecule has 0 aromatic rings. The smallest absolute Gasteiger partial charge is 0.0462 e. The minimum Gasteiger partial charge on any atom is -0.396 e. The van der Waals surface area contributed by atoms with E-state index < -0.39 is 0 Å². The molecule has 0 aromatic carbocycles. The Balaban J connectivity index is 2.29. The van der Waals surface area contributed by atoms with E-state index in [9.17, 15) is 0 Å². The molecule has 1 aliphatic rings. The van der Waals surface area contributed by atoms with Gasteiger partial charge in [-0.1, -0.05) is 12.2 Å². The Kier molecular flexibility index (Phi) is 2.78. The van der Waals surface area contributed by atoms with Crippen molar-refractivity contribution in [2.24, 2.45) is 5.92 Å². The minimum atomic E-state index is 0.365. The van der Waals surface area contributed by atoms with E-state index in [1.165, 1.54) is 19.3 Å². The Bertz CT molecular complexity index is 96.7. The van der Waals surface area contributed by atoms with E-state index in [0.717, 1.165) is 6.42 Å². The predicted octanol–water partition coefficient (Wildman–Crippen LogP) is 1.73. The van der Waals surface area contributed by atoms with Crippen LogP contribution in [0.15, 0.2) is 12.2 Å². The fraction of sp³-hybridized carbons (Fsp3) is 0.750. The number of hydrogen-bond donors (Lipinski definition) is 1. The van der Waals surface area contributed by atoms with Gasteiger partial charge in [0.2, 0.25) is 0 Å². The molecular formula is C8H14O. The first-order valence-electron chi connectivity index (χ1n) is 3.69. The van der Waals surface area contributed by atoms with Crippen LogP contribution in [0.4, 0.5) is 0 Å². The number of rotatable bonds is 1. The molecule has 0 radical (unpaired) electrons. The highest BCUT2D eigenvalue weighted by molar-refractivity contribution is 4.87. The van der Waals surface area contributed by atoms with Crippen molar-refractivity contribution >= 4 is 0 Å². The summed E-state index contributed by atoms with van der Waals surface area (Å²) in [7, 11) is 0. The van der Waals surface area contributed by atoms with Gasteiger partial charge in [0.1, 0.15) is 0 Å². The highest BCUT2D eigenvalue weighted by Gasteiger charge is 2.05. The Morgan fingerprint density at radius 1 is 1.44 bits per heavy atom. The summed E-state index contributed by atoms with van der Waals surface area (Å²) in [6.07, 6.45) is 9.14. The van der Waals surface area contributed by atoms with Crippen LogP contribution >= 0.6 is 0 Å². The predicted molar refractivity (Wildman–Crippen MR) is 38.2 cm³/mol. The van der Waals surface area contributed by atoms with Gasteiger partial charge in [0, 0.05) is 6.61 Å². The van der Waals surface area contributed by atoms with Crippen LogP contribution in [0, 0.1) is 5.92 Å². The van der Waals surface area contributed by atoms with Crippen LogP contribution in [-0.2, 0) is 0 Å². The number of allylic oxidation sites excluding steroid dienone is 2. The van der Waals surface area contributed by atoms with E-state index in [1.807, 2.05) is 0 Å². The Labute approximate surface area is 56.4 Å². The van der Waals surface area contributed by atoms with E-state index in [2.05, 4.69) is 12.2 Å². The van der Waals surface area contributed by atoms with Crippen LogP contribution in [0.5, 0.6) is 0 Å². The molecule has 0 saturated carbocycles. The van der Waals surface area contributed by atoms with Crippen molar-refractivity contribution in [3.05, 3.63) is 12.2 Å². The molecule has 0 fully saturated rings. The van der Waals surface area contributed by atoms with Gasteiger partial charge in [0.25, 0.3) is 0 Å². The van der Waals surface area contributed by atoms with E-state index in [4.69, 9.17) is 5.11 Å². The second kappa shape index (κ2) is 3.67. The molecule has 9 heavy (non-hydrogen) atoms. The van der Waals surface area contributed by atoms with Crippen molar-refractivity contribution in [3.63, 3.8) is 0 Å². The molecule has 0 aromatic heterocycles. The lowest BCUT2D eigenvalue weighted by Crippen LogP contribution is -2.02. The maximum Gasteiger partial charge on any atom is 0.0462 e. The first-order valence-corrected chi connectivity index (χ1v) is 3.69. The third-order valence-electron chi connectivity index (χ3n) is 1.88. The van der Waals surface area contributed by atoms with Crippen LogP contribution in [0.2, 0.25) is 0 Å². The molecule has 1 aliphatic carbocycles. The molecule has 52 valence electrons. The quantitative estimate of drug-likeness (QED) is 0.530. The van der Waals surface area contributed by atoms with E-state index in [1.54, 1.807) is 0 Å². The number of aliphatic hydroxyl groups is 1. The second-order valence-corrected chi connectivity index (χ2v) is 2.69. The average Bonchev–Trinajstić information content (AvgIpc) is 2.13. The molecular weight excluding hydrogens is 112 g/mol. The molecule has 0 amide bonds. The maximum atomic E-state index is 8.78. The molecule has 0 unspecified atom stereocenters. The average molecular weight is 126 g/mol. The summed E-state index contributed by atoms with van der Waals surface area (Å²) >= 11 is 0. The summed E-state index contributed by atoms with van der Waals surface area (Å²) in [5, 5.41) is 8.78. The van der Waals surface area contributed by atoms with E-state index >= 15 is 0 Å². The van der Waals surface area contributed by atoms with Crippen molar-refractivity contribution in [1.29, 1.82) is 0 Å². The molecule has 1 N–H and O–H groups in total. The zero-order chi connectivity index (χ0) is 6.53. The largest absolute Gasteiger partial charge is 0.396 e. The summed E-state index contributed by atoms with van der Waals surface area (Å²) < 4.78 is 0. The van der Waals surface area contributed by atoms with Crippen molar-refractivity contribution < 1.29 is 5.11 Å².